The molecular weight excluding hydrogens is 308 g/mol. The molecule has 1 aromatic heterocycles. The van der Waals surface area contributed by atoms with E-state index in [4.69, 9.17) is 11.6 Å². The van der Waals surface area contributed by atoms with Crippen molar-refractivity contribution in [1.82, 2.24) is 10.2 Å². The fourth-order valence-electron chi connectivity index (χ4n) is 2.61. The molecular formula is C18H15ClN4. The van der Waals surface area contributed by atoms with E-state index >= 15 is 0 Å². The Balaban J connectivity index is 2.08. The molecule has 1 heterocycles. The van der Waals surface area contributed by atoms with Crippen molar-refractivity contribution in [2.24, 2.45) is 0 Å². The number of halogens is 1. The zero-order chi connectivity index (χ0) is 16.4. The van der Waals surface area contributed by atoms with Crippen molar-refractivity contribution in [3.63, 3.8) is 0 Å². The average Bonchev–Trinajstić information content (AvgIpc) is 2.55. The number of nitrogens with zero attached hydrogens (tertiary/aromatic N) is 4. The Morgan fingerprint density at radius 2 is 1.87 bits per heavy atom. The number of anilines is 1. The largest absolute Gasteiger partial charge is 0.367 e. The third-order valence-electron chi connectivity index (χ3n) is 3.71. The number of hydrogen-bond acceptors (Lipinski definition) is 4. The molecule has 0 N–H and O–H groups in total. The number of aromatic nitrogens is 2. The molecule has 0 amide bonds. The van der Waals surface area contributed by atoms with Gasteiger partial charge in [0, 0.05) is 24.0 Å². The van der Waals surface area contributed by atoms with Crippen LogP contribution in [0.25, 0.3) is 10.9 Å². The van der Waals surface area contributed by atoms with Crippen LogP contribution in [0, 0.1) is 18.3 Å². The normalized spacial score (nSPS) is 10.5. The van der Waals surface area contributed by atoms with Crippen molar-refractivity contribution in [3.8, 4) is 6.07 Å². The summed E-state index contributed by atoms with van der Waals surface area (Å²) in [7, 11) is 1.95. The molecule has 0 spiro atoms. The molecule has 2 aromatic carbocycles. The quantitative estimate of drug-likeness (QED) is 0.728. The smallest absolute Gasteiger partial charge is 0.187 e. The highest BCUT2D eigenvalue weighted by molar-refractivity contribution is 6.30. The van der Waals surface area contributed by atoms with Crippen molar-refractivity contribution < 1.29 is 0 Å². The first-order valence-corrected chi connectivity index (χ1v) is 7.59. The molecule has 0 unspecified atom stereocenters. The average molecular weight is 323 g/mol. The molecule has 0 aliphatic heterocycles. The number of aryl methyl sites for hydroxylation is 1. The zero-order valence-corrected chi connectivity index (χ0v) is 13.7. The lowest BCUT2D eigenvalue weighted by Crippen LogP contribution is -2.19. The van der Waals surface area contributed by atoms with E-state index in [0.29, 0.717) is 17.3 Å². The second kappa shape index (κ2) is 6.23. The van der Waals surface area contributed by atoms with Crippen LogP contribution in [0.5, 0.6) is 0 Å². The summed E-state index contributed by atoms with van der Waals surface area (Å²) in [5.41, 5.74) is 4.15. The van der Waals surface area contributed by atoms with Crippen LogP contribution in [-0.2, 0) is 6.54 Å². The van der Waals surface area contributed by atoms with E-state index in [1.807, 2.05) is 61.3 Å². The van der Waals surface area contributed by atoms with Crippen molar-refractivity contribution in [2.75, 3.05) is 11.9 Å². The molecule has 0 fully saturated rings. The number of benzene rings is 2. The monoisotopic (exact) mass is 322 g/mol. The molecule has 0 aliphatic carbocycles. The van der Waals surface area contributed by atoms with Crippen molar-refractivity contribution in [1.29, 1.82) is 5.26 Å². The molecule has 0 bridgehead atoms. The third kappa shape index (κ3) is 3.10. The minimum Gasteiger partial charge on any atom is -0.367 e. The van der Waals surface area contributed by atoms with E-state index in [-0.39, 0.29) is 0 Å². The summed E-state index contributed by atoms with van der Waals surface area (Å²) in [5.74, 6) is 0. The molecule has 3 aromatic rings. The second-order valence-electron chi connectivity index (χ2n) is 5.51. The molecule has 0 saturated carbocycles. The molecule has 23 heavy (non-hydrogen) atoms. The predicted octanol–water partition coefficient (Wildman–Crippen LogP) is 4.10. The summed E-state index contributed by atoms with van der Waals surface area (Å²) in [6.45, 7) is 2.68. The fourth-order valence-corrected chi connectivity index (χ4v) is 2.74. The van der Waals surface area contributed by atoms with E-state index in [1.165, 1.54) is 0 Å². The minimum atomic E-state index is 0.333. The van der Waals surface area contributed by atoms with Gasteiger partial charge in [-0.1, -0.05) is 35.4 Å². The molecule has 3 rings (SSSR count). The second-order valence-corrected chi connectivity index (χ2v) is 5.95. The van der Waals surface area contributed by atoms with Crippen LogP contribution in [0.15, 0.2) is 42.5 Å². The van der Waals surface area contributed by atoms with Gasteiger partial charge in [-0.15, -0.1) is 10.2 Å². The van der Waals surface area contributed by atoms with Gasteiger partial charge in [0.25, 0.3) is 0 Å². The van der Waals surface area contributed by atoms with E-state index in [9.17, 15) is 5.26 Å². The maximum absolute atomic E-state index is 9.40. The molecule has 0 saturated heterocycles. The maximum atomic E-state index is 9.40. The summed E-state index contributed by atoms with van der Waals surface area (Å²) in [5, 5.41) is 19.2. The fraction of sp³-hybridized carbons (Fsp3) is 0.167. The van der Waals surface area contributed by atoms with Crippen LogP contribution in [-0.4, -0.2) is 17.2 Å². The van der Waals surface area contributed by atoms with Gasteiger partial charge < -0.3 is 4.90 Å². The van der Waals surface area contributed by atoms with Gasteiger partial charge in [0.05, 0.1) is 11.2 Å². The standard InChI is InChI=1S/C18H15ClN4/c1-12-3-8-16-15(9-12)18(17(10-20)22-21-16)23(2)11-13-4-6-14(19)7-5-13/h3-9H,11H2,1-2H3. The van der Waals surface area contributed by atoms with E-state index < -0.39 is 0 Å². The van der Waals surface area contributed by atoms with Gasteiger partial charge in [0.1, 0.15) is 6.07 Å². The van der Waals surface area contributed by atoms with Crippen LogP contribution in [0.3, 0.4) is 0 Å². The first-order valence-electron chi connectivity index (χ1n) is 7.21. The third-order valence-corrected chi connectivity index (χ3v) is 3.96. The molecule has 5 heteroatoms. The van der Waals surface area contributed by atoms with Gasteiger partial charge >= 0.3 is 0 Å². The zero-order valence-electron chi connectivity index (χ0n) is 12.9. The van der Waals surface area contributed by atoms with Gasteiger partial charge in [0.15, 0.2) is 5.69 Å². The lowest BCUT2D eigenvalue weighted by atomic mass is 10.1. The Kier molecular flexibility index (Phi) is 4.14. The highest BCUT2D eigenvalue weighted by atomic mass is 35.5. The Labute approximate surface area is 139 Å². The number of nitriles is 1. The molecule has 0 radical (unpaired) electrons. The SMILES string of the molecule is Cc1ccc2nnc(C#N)c(N(C)Cc3ccc(Cl)cc3)c2c1. The highest BCUT2D eigenvalue weighted by Crippen LogP contribution is 2.29. The van der Waals surface area contributed by atoms with Crippen LogP contribution < -0.4 is 4.90 Å². The van der Waals surface area contributed by atoms with E-state index in [0.717, 1.165) is 27.7 Å². The first-order chi connectivity index (χ1) is 11.1. The van der Waals surface area contributed by atoms with Crippen LogP contribution in [0.1, 0.15) is 16.8 Å². The first kappa shape index (κ1) is 15.3. The van der Waals surface area contributed by atoms with Crippen LogP contribution in [0.2, 0.25) is 5.02 Å². The number of hydrogen-bond donors (Lipinski definition) is 0. The summed E-state index contributed by atoms with van der Waals surface area (Å²) >= 11 is 5.93. The molecule has 0 aliphatic rings. The Hall–Kier alpha value is -2.64. The Morgan fingerprint density at radius 1 is 1.13 bits per heavy atom. The maximum Gasteiger partial charge on any atom is 0.187 e. The predicted molar refractivity (Wildman–Crippen MR) is 92.5 cm³/mol. The van der Waals surface area contributed by atoms with Crippen LogP contribution >= 0.6 is 11.6 Å². The molecule has 4 nitrogen and oxygen atoms in total. The van der Waals surface area contributed by atoms with Crippen molar-refractivity contribution in [2.45, 2.75) is 13.5 Å². The van der Waals surface area contributed by atoms with Gasteiger partial charge in [-0.3, -0.25) is 0 Å². The summed E-state index contributed by atoms with van der Waals surface area (Å²) in [6.07, 6.45) is 0. The van der Waals surface area contributed by atoms with Crippen molar-refractivity contribution in [3.05, 3.63) is 64.3 Å². The number of rotatable bonds is 3. The van der Waals surface area contributed by atoms with Crippen molar-refractivity contribution >= 4 is 28.2 Å². The summed E-state index contributed by atoms with van der Waals surface area (Å²) in [6, 6.07) is 15.8. The van der Waals surface area contributed by atoms with Crippen LogP contribution in [0.4, 0.5) is 5.69 Å². The summed E-state index contributed by atoms with van der Waals surface area (Å²) in [4.78, 5) is 2.03. The van der Waals surface area contributed by atoms with Gasteiger partial charge in [-0.25, -0.2) is 0 Å². The molecule has 114 valence electrons. The lowest BCUT2D eigenvalue weighted by molar-refractivity contribution is 0.909. The highest BCUT2D eigenvalue weighted by Gasteiger charge is 2.15. The summed E-state index contributed by atoms with van der Waals surface area (Å²) < 4.78 is 0. The number of fused-ring (bicyclic) bond motifs is 1. The Bertz CT molecular complexity index is 897. The minimum absolute atomic E-state index is 0.333. The molecule has 0 atom stereocenters. The Morgan fingerprint density at radius 3 is 2.57 bits per heavy atom. The van der Waals surface area contributed by atoms with Gasteiger partial charge in [0.2, 0.25) is 0 Å². The lowest BCUT2D eigenvalue weighted by Gasteiger charge is -2.21. The van der Waals surface area contributed by atoms with Gasteiger partial charge in [-0.05, 0) is 36.8 Å². The topological polar surface area (TPSA) is 52.8 Å². The van der Waals surface area contributed by atoms with Gasteiger partial charge in [-0.2, -0.15) is 5.26 Å². The van der Waals surface area contributed by atoms with E-state index in [2.05, 4.69) is 16.3 Å². The van der Waals surface area contributed by atoms with E-state index in [1.54, 1.807) is 0 Å².